The minimum Gasteiger partial charge on any atom is -0.442 e. The second kappa shape index (κ2) is 4.18. The predicted molar refractivity (Wildman–Crippen MR) is 68.0 cm³/mol. The molecule has 0 spiro atoms. The highest BCUT2D eigenvalue weighted by atomic mass is 35.6. The van der Waals surface area contributed by atoms with E-state index in [1.807, 2.05) is 24.7 Å². The van der Waals surface area contributed by atoms with Crippen LogP contribution in [0.25, 0.3) is 0 Å². The minimum atomic E-state index is -2.18. The summed E-state index contributed by atoms with van der Waals surface area (Å²) in [5.74, 6) is 0. The molecule has 14 heavy (non-hydrogen) atoms. The van der Waals surface area contributed by atoms with Crippen molar-refractivity contribution in [1.82, 2.24) is 0 Å². The van der Waals surface area contributed by atoms with Crippen LogP contribution >= 0.6 is 11.1 Å². The summed E-state index contributed by atoms with van der Waals surface area (Å²) >= 11 is 6.50. The van der Waals surface area contributed by atoms with Crippen molar-refractivity contribution >= 4 is 32.2 Å². The first kappa shape index (κ1) is 12.0. The molecule has 0 aliphatic rings. The van der Waals surface area contributed by atoms with Gasteiger partial charge in [0.1, 0.15) is 0 Å². The summed E-state index contributed by atoms with van der Waals surface area (Å²) < 4.78 is 6.05. The topological polar surface area (TPSA) is 9.23 Å². The van der Waals surface area contributed by atoms with Gasteiger partial charge in [-0.3, -0.25) is 0 Å². The highest BCUT2D eigenvalue weighted by molar-refractivity contribution is 7.25. The third kappa shape index (κ3) is 3.57. The van der Waals surface area contributed by atoms with Gasteiger partial charge in [-0.1, -0.05) is 30.3 Å². The maximum absolute atomic E-state index is 6.50. The highest BCUT2D eigenvalue weighted by Gasteiger charge is 2.34. The van der Waals surface area contributed by atoms with Gasteiger partial charge in [0.15, 0.2) is 8.32 Å². The molecule has 0 aliphatic heterocycles. The molecule has 1 nitrogen and oxygen atoms in total. The summed E-state index contributed by atoms with van der Waals surface area (Å²) in [6.07, 6.45) is 0. The average Bonchev–Trinajstić information content (AvgIpc) is 2.01. The molecule has 1 aromatic rings. The normalized spacial score (nSPS) is 16.4. The van der Waals surface area contributed by atoms with Gasteiger partial charge in [0.05, 0.1) is 0 Å². The summed E-state index contributed by atoms with van der Waals surface area (Å²) in [5, 5.41) is 1.16. The molecule has 1 unspecified atom stereocenters. The summed E-state index contributed by atoms with van der Waals surface area (Å²) in [6, 6.07) is 10.1. The van der Waals surface area contributed by atoms with Crippen LogP contribution in [0.2, 0.25) is 26.2 Å². The summed E-state index contributed by atoms with van der Waals surface area (Å²) in [5.41, 5.74) is 0. The zero-order chi connectivity index (χ0) is 10.8. The lowest BCUT2D eigenvalue weighted by Crippen LogP contribution is -2.49. The van der Waals surface area contributed by atoms with Gasteiger partial charge in [0.25, 0.3) is 0 Å². The Hall–Kier alpha value is -0.0962. The van der Waals surface area contributed by atoms with E-state index < -0.39 is 15.9 Å². The van der Waals surface area contributed by atoms with E-state index in [1.54, 1.807) is 0 Å². The molecule has 0 N–H and O–H groups in total. The molecule has 0 heterocycles. The van der Waals surface area contributed by atoms with Gasteiger partial charge in [-0.05, 0) is 31.4 Å². The van der Waals surface area contributed by atoms with Gasteiger partial charge in [-0.15, -0.1) is 11.1 Å². The van der Waals surface area contributed by atoms with Crippen LogP contribution in [0, 0.1) is 0 Å². The Morgan fingerprint density at radius 1 is 1.00 bits per heavy atom. The number of benzene rings is 1. The third-order valence-corrected chi connectivity index (χ3v) is 8.48. The molecule has 0 aromatic heterocycles. The van der Waals surface area contributed by atoms with Crippen LogP contribution in [0.1, 0.15) is 0 Å². The minimum absolute atomic E-state index is 1.16. The molecule has 78 valence electrons. The molecule has 1 rings (SSSR count). The fourth-order valence-corrected chi connectivity index (χ4v) is 9.69. The first-order valence-corrected chi connectivity index (χ1v) is 11.6. The molecule has 0 amide bonds. The van der Waals surface area contributed by atoms with E-state index in [9.17, 15) is 0 Å². The average molecular weight is 245 g/mol. The van der Waals surface area contributed by atoms with Crippen LogP contribution in [0.4, 0.5) is 0 Å². The summed E-state index contributed by atoms with van der Waals surface area (Å²) in [4.78, 5) is 0. The van der Waals surface area contributed by atoms with E-state index in [0.717, 1.165) is 5.19 Å². The van der Waals surface area contributed by atoms with Gasteiger partial charge in [-0.25, -0.2) is 0 Å². The molecule has 1 aromatic carbocycles. The third-order valence-electron chi connectivity index (χ3n) is 1.79. The van der Waals surface area contributed by atoms with Crippen LogP contribution in [0.15, 0.2) is 30.3 Å². The van der Waals surface area contributed by atoms with Crippen molar-refractivity contribution in [1.29, 1.82) is 0 Å². The Kier molecular flexibility index (Phi) is 3.58. The highest BCUT2D eigenvalue weighted by Crippen LogP contribution is 2.17. The molecule has 4 heteroatoms. The lowest BCUT2D eigenvalue weighted by atomic mass is 10.4. The van der Waals surface area contributed by atoms with Crippen molar-refractivity contribution in [3.63, 3.8) is 0 Å². The number of hydrogen-bond donors (Lipinski definition) is 0. The van der Waals surface area contributed by atoms with Crippen molar-refractivity contribution in [2.24, 2.45) is 0 Å². The number of rotatable bonds is 3. The summed E-state index contributed by atoms with van der Waals surface area (Å²) in [6.45, 7) is 8.55. The maximum Gasteiger partial charge on any atom is 0.309 e. The smallest absolute Gasteiger partial charge is 0.309 e. The predicted octanol–water partition coefficient (Wildman–Crippen LogP) is 3.06. The van der Waals surface area contributed by atoms with E-state index >= 15 is 0 Å². The van der Waals surface area contributed by atoms with E-state index in [4.69, 9.17) is 15.2 Å². The Labute approximate surface area is 93.0 Å². The zero-order valence-corrected chi connectivity index (χ0v) is 11.9. The summed E-state index contributed by atoms with van der Waals surface area (Å²) in [7, 11) is -3.73. The Balaban J connectivity index is 2.86. The van der Waals surface area contributed by atoms with Crippen molar-refractivity contribution in [2.75, 3.05) is 0 Å². The molecule has 0 saturated carbocycles. The quantitative estimate of drug-likeness (QED) is 0.587. The van der Waals surface area contributed by atoms with Gasteiger partial charge in [0, 0.05) is 0 Å². The van der Waals surface area contributed by atoms with Crippen LogP contribution in [0.3, 0.4) is 0 Å². The Morgan fingerprint density at radius 3 is 1.93 bits per heavy atom. The van der Waals surface area contributed by atoms with Crippen LogP contribution in [-0.4, -0.2) is 15.9 Å². The van der Waals surface area contributed by atoms with Crippen LogP contribution in [0.5, 0.6) is 0 Å². The van der Waals surface area contributed by atoms with Crippen molar-refractivity contribution in [3.05, 3.63) is 30.3 Å². The molecule has 0 radical (unpaired) electrons. The van der Waals surface area contributed by atoms with Gasteiger partial charge < -0.3 is 4.12 Å². The van der Waals surface area contributed by atoms with Gasteiger partial charge in [-0.2, -0.15) is 0 Å². The van der Waals surface area contributed by atoms with Crippen LogP contribution < -0.4 is 5.19 Å². The van der Waals surface area contributed by atoms with E-state index in [-0.39, 0.29) is 0 Å². The fraction of sp³-hybridized carbons (Fsp3) is 0.400. The first-order valence-electron chi connectivity index (χ1n) is 4.76. The molecule has 1 atom stereocenters. The lowest BCUT2D eigenvalue weighted by Gasteiger charge is -2.29. The number of halogens is 1. The van der Waals surface area contributed by atoms with E-state index in [0.29, 0.717) is 0 Å². The molecular formula is C10H17ClOSi2. The van der Waals surface area contributed by atoms with Crippen LogP contribution in [-0.2, 0) is 4.12 Å². The largest absolute Gasteiger partial charge is 0.442 e. The molecule has 0 aliphatic carbocycles. The fourth-order valence-electron chi connectivity index (χ4n) is 1.37. The second-order valence-corrected chi connectivity index (χ2v) is 14.1. The molecule has 0 fully saturated rings. The molecule has 0 saturated heterocycles. The lowest BCUT2D eigenvalue weighted by molar-refractivity contribution is 0.580. The van der Waals surface area contributed by atoms with Gasteiger partial charge >= 0.3 is 7.63 Å². The monoisotopic (exact) mass is 244 g/mol. The Bertz CT molecular complexity index is 293. The maximum atomic E-state index is 6.50. The standard InChI is InChI=1S/C10H17ClOSi2/c1-13(2,3)12-14(4,11)10-8-6-5-7-9-10/h5-9H,1-4H3. The first-order chi connectivity index (χ1) is 6.31. The molecule has 0 bridgehead atoms. The van der Waals surface area contributed by atoms with E-state index in [2.05, 4.69) is 31.8 Å². The van der Waals surface area contributed by atoms with Crippen molar-refractivity contribution in [2.45, 2.75) is 26.2 Å². The Morgan fingerprint density at radius 2 is 1.50 bits per heavy atom. The molecular weight excluding hydrogens is 228 g/mol. The zero-order valence-electron chi connectivity index (χ0n) is 9.17. The van der Waals surface area contributed by atoms with E-state index in [1.165, 1.54) is 0 Å². The van der Waals surface area contributed by atoms with Crippen molar-refractivity contribution < 1.29 is 4.12 Å². The van der Waals surface area contributed by atoms with Gasteiger partial charge in [0.2, 0.25) is 0 Å². The SMILES string of the molecule is C[Si](C)(C)O[Si](C)(Cl)c1ccccc1. The second-order valence-electron chi connectivity index (χ2n) is 4.50. The van der Waals surface area contributed by atoms with Crippen molar-refractivity contribution in [3.8, 4) is 0 Å². The number of hydrogen-bond acceptors (Lipinski definition) is 1.